The van der Waals surface area contributed by atoms with Crippen molar-refractivity contribution in [1.82, 2.24) is 0 Å². The van der Waals surface area contributed by atoms with Crippen molar-refractivity contribution < 1.29 is 0 Å². The molecule has 0 bridgehead atoms. The maximum absolute atomic E-state index is 6.11. The summed E-state index contributed by atoms with van der Waals surface area (Å²) in [5.41, 5.74) is 2.20. The van der Waals surface area contributed by atoms with Gasteiger partial charge in [0, 0.05) is 12.8 Å². The third-order valence-corrected chi connectivity index (χ3v) is 2.98. The molecule has 90 valence electrons. The third kappa shape index (κ3) is 5.84. The third-order valence-electron chi connectivity index (χ3n) is 2.04. The SMILES string of the molecule is Cc1ccc(CC(Cl)(Cl)CC(Cl)(Cl)Cl)cc1. The first kappa shape index (κ1) is 14.7. The van der Waals surface area contributed by atoms with Crippen molar-refractivity contribution in [2.45, 2.75) is 27.9 Å². The second kappa shape index (κ2) is 5.54. The van der Waals surface area contributed by atoms with Gasteiger partial charge in [-0.1, -0.05) is 64.6 Å². The highest BCUT2D eigenvalue weighted by molar-refractivity contribution is 6.68. The summed E-state index contributed by atoms with van der Waals surface area (Å²) in [6, 6.07) is 7.92. The average molecular weight is 320 g/mol. The molecule has 16 heavy (non-hydrogen) atoms. The standard InChI is InChI=1S/C11H11Cl5/c1-8-2-4-9(5-3-8)6-10(12,13)7-11(14,15)16/h2-5H,6-7H2,1H3. The van der Waals surface area contributed by atoms with E-state index in [2.05, 4.69) is 0 Å². The summed E-state index contributed by atoms with van der Waals surface area (Å²) in [6.45, 7) is 2.01. The first-order valence-corrected chi connectivity index (χ1v) is 6.57. The fourth-order valence-electron chi connectivity index (χ4n) is 1.36. The van der Waals surface area contributed by atoms with Gasteiger partial charge in [0.25, 0.3) is 0 Å². The number of rotatable bonds is 3. The monoisotopic (exact) mass is 318 g/mol. The first-order valence-electron chi connectivity index (χ1n) is 4.68. The van der Waals surface area contributed by atoms with Crippen LogP contribution < -0.4 is 0 Å². The first-order chi connectivity index (χ1) is 7.18. The fraction of sp³-hybridized carbons (Fsp3) is 0.455. The Morgan fingerprint density at radius 1 is 0.938 bits per heavy atom. The maximum atomic E-state index is 6.11. The van der Waals surface area contributed by atoms with Gasteiger partial charge in [-0.3, -0.25) is 0 Å². The summed E-state index contributed by atoms with van der Waals surface area (Å²) >= 11 is 29.2. The summed E-state index contributed by atoms with van der Waals surface area (Å²) in [4.78, 5) is 0. The Morgan fingerprint density at radius 2 is 1.44 bits per heavy atom. The van der Waals surface area contributed by atoms with E-state index in [1.165, 1.54) is 5.56 Å². The van der Waals surface area contributed by atoms with Crippen LogP contribution in [0.4, 0.5) is 0 Å². The van der Waals surface area contributed by atoms with Gasteiger partial charge in [-0.2, -0.15) is 0 Å². The molecule has 1 aromatic carbocycles. The Kier molecular flexibility index (Phi) is 5.10. The summed E-state index contributed by atoms with van der Waals surface area (Å²) in [5, 5.41) is 0. The lowest BCUT2D eigenvalue weighted by Crippen LogP contribution is -2.23. The zero-order valence-electron chi connectivity index (χ0n) is 8.61. The van der Waals surface area contributed by atoms with E-state index in [0.717, 1.165) is 5.56 Å². The number of halogens is 5. The molecule has 0 saturated carbocycles. The van der Waals surface area contributed by atoms with E-state index in [9.17, 15) is 0 Å². The van der Waals surface area contributed by atoms with Gasteiger partial charge in [0.2, 0.25) is 0 Å². The quantitative estimate of drug-likeness (QED) is 0.648. The number of hydrogen-bond donors (Lipinski definition) is 0. The second-order valence-corrected chi connectivity index (χ2v) is 7.97. The summed E-state index contributed by atoms with van der Waals surface area (Å²) in [7, 11) is 0. The van der Waals surface area contributed by atoms with Gasteiger partial charge < -0.3 is 0 Å². The van der Waals surface area contributed by atoms with Crippen LogP contribution >= 0.6 is 58.0 Å². The molecule has 1 aromatic rings. The Labute approximate surface area is 121 Å². The van der Waals surface area contributed by atoms with E-state index in [4.69, 9.17) is 58.0 Å². The normalized spacial score (nSPS) is 12.9. The lowest BCUT2D eigenvalue weighted by molar-refractivity contribution is 0.701. The summed E-state index contributed by atoms with van der Waals surface area (Å²) in [5.74, 6) is 0. The molecule has 0 saturated heterocycles. The molecule has 5 heteroatoms. The Balaban J connectivity index is 2.69. The van der Waals surface area contributed by atoms with Crippen molar-refractivity contribution in [3.63, 3.8) is 0 Å². The van der Waals surface area contributed by atoms with E-state index in [1.54, 1.807) is 0 Å². The second-order valence-electron chi connectivity index (χ2n) is 3.81. The zero-order valence-corrected chi connectivity index (χ0v) is 12.4. The predicted octanol–water partition coefficient (Wildman–Crippen LogP) is 5.47. The van der Waals surface area contributed by atoms with Crippen molar-refractivity contribution in [3.8, 4) is 0 Å². The summed E-state index contributed by atoms with van der Waals surface area (Å²) in [6.07, 6.45) is 0.534. The topological polar surface area (TPSA) is 0 Å². The molecule has 0 amide bonds. The molecule has 0 nitrogen and oxygen atoms in total. The molecule has 0 aliphatic rings. The van der Waals surface area contributed by atoms with E-state index >= 15 is 0 Å². The van der Waals surface area contributed by atoms with Crippen LogP contribution in [0.5, 0.6) is 0 Å². The molecule has 0 spiro atoms. The molecule has 0 aliphatic carbocycles. The number of alkyl halides is 5. The van der Waals surface area contributed by atoms with Gasteiger partial charge in [-0.05, 0) is 12.5 Å². The minimum Gasteiger partial charge on any atom is -0.101 e. The van der Waals surface area contributed by atoms with Crippen LogP contribution in [-0.2, 0) is 6.42 Å². The van der Waals surface area contributed by atoms with Gasteiger partial charge in [0.05, 0.1) is 0 Å². The van der Waals surface area contributed by atoms with Crippen LogP contribution in [0.1, 0.15) is 17.5 Å². The molecule has 0 unspecified atom stereocenters. The van der Waals surface area contributed by atoms with Crippen LogP contribution in [0.25, 0.3) is 0 Å². The van der Waals surface area contributed by atoms with Crippen molar-refractivity contribution >= 4 is 58.0 Å². The average Bonchev–Trinajstić information content (AvgIpc) is 2.04. The number of benzene rings is 1. The Hall–Kier alpha value is 0.670. The minimum absolute atomic E-state index is 0.0850. The van der Waals surface area contributed by atoms with E-state index in [0.29, 0.717) is 6.42 Å². The molecular weight excluding hydrogens is 309 g/mol. The van der Waals surface area contributed by atoms with Crippen LogP contribution in [0, 0.1) is 6.92 Å². The molecule has 0 heterocycles. The van der Waals surface area contributed by atoms with Gasteiger partial charge >= 0.3 is 0 Å². The zero-order chi connectivity index (χ0) is 12.4. The predicted molar refractivity (Wildman–Crippen MR) is 74.2 cm³/mol. The molecule has 0 radical (unpaired) electrons. The lowest BCUT2D eigenvalue weighted by Gasteiger charge is -2.23. The molecular formula is C11H11Cl5. The highest BCUT2D eigenvalue weighted by Crippen LogP contribution is 2.42. The summed E-state index contributed by atoms with van der Waals surface area (Å²) < 4.78 is -2.51. The molecule has 0 aliphatic heterocycles. The highest BCUT2D eigenvalue weighted by Gasteiger charge is 2.35. The van der Waals surface area contributed by atoms with Crippen LogP contribution in [0.2, 0.25) is 0 Å². The van der Waals surface area contributed by atoms with E-state index < -0.39 is 8.13 Å². The highest BCUT2D eigenvalue weighted by atomic mass is 35.6. The number of hydrogen-bond acceptors (Lipinski definition) is 0. The van der Waals surface area contributed by atoms with Crippen LogP contribution in [0.15, 0.2) is 24.3 Å². The van der Waals surface area contributed by atoms with Crippen molar-refractivity contribution in [2.24, 2.45) is 0 Å². The Bertz CT molecular complexity index is 336. The molecule has 0 aromatic heterocycles. The largest absolute Gasteiger partial charge is 0.193 e. The molecule has 1 rings (SSSR count). The minimum atomic E-state index is -1.44. The molecule has 0 N–H and O–H groups in total. The van der Waals surface area contributed by atoms with Gasteiger partial charge in [-0.15, -0.1) is 23.2 Å². The lowest BCUT2D eigenvalue weighted by atomic mass is 10.1. The van der Waals surface area contributed by atoms with Crippen LogP contribution in [0.3, 0.4) is 0 Å². The number of aryl methyl sites for hydroxylation is 1. The van der Waals surface area contributed by atoms with Crippen molar-refractivity contribution in [3.05, 3.63) is 35.4 Å². The Morgan fingerprint density at radius 3 is 1.88 bits per heavy atom. The van der Waals surface area contributed by atoms with Gasteiger partial charge in [0.1, 0.15) is 4.33 Å². The van der Waals surface area contributed by atoms with Gasteiger partial charge in [-0.25, -0.2) is 0 Å². The molecule has 0 fully saturated rings. The van der Waals surface area contributed by atoms with Gasteiger partial charge in [0.15, 0.2) is 3.79 Å². The van der Waals surface area contributed by atoms with Crippen molar-refractivity contribution in [1.29, 1.82) is 0 Å². The van der Waals surface area contributed by atoms with E-state index in [-0.39, 0.29) is 6.42 Å². The smallest absolute Gasteiger partial charge is 0.101 e. The van der Waals surface area contributed by atoms with Crippen molar-refractivity contribution in [2.75, 3.05) is 0 Å². The fourth-order valence-corrected chi connectivity index (χ4v) is 3.16. The molecule has 0 atom stereocenters. The van der Waals surface area contributed by atoms with E-state index in [1.807, 2.05) is 31.2 Å². The maximum Gasteiger partial charge on any atom is 0.193 e. The van der Waals surface area contributed by atoms with Crippen LogP contribution in [-0.4, -0.2) is 8.13 Å².